The largest absolute Gasteiger partial charge is 0.462 e. The Labute approximate surface area is 122 Å². The summed E-state index contributed by atoms with van der Waals surface area (Å²) in [5, 5.41) is 12.9. The van der Waals surface area contributed by atoms with Gasteiger partial charge in [-0.25, -0.2) is 9.48 Å². The van der Waals surface area contributed by atoms with Crippen molar-refractivity contribution in [3.05, 3.63) is 52.6 Å². The maximum absolute atomic E-state index is 12.2. The molecule has 1 aliphatic carbocycles. The number of benzene rings is 1. The summed E-state index contributed by atoms with van der Waals surface area (Å²) in [6.07, 6.45) is 2.60. The lowest BCUT2D eigenvalue weighted by Crippen LogP contribution is -2.31. The predicted molar refractivity (Wildman–Crippen MR) is 77.4 cm³/mol. The van der Waals surface area contributed by atoms with E-state index in [1.165, 1.54) is 4.68 Å². The molecule has 0 amide bonds. The number of carbonyl (C=O) groups excluding carboxylic acids is 1. The highest BCUT2D eigenvalue weighted by atomic mass is 16.5. The average Bonchev–Trinajstić information content (AvgIpc) is 2.95. The van der Waals surface area contributed by atoms with E-state index in [9.17, 15) is 4.79 Å². The lowest BCUT2D eigenvalue weighted by molar-refractivity contribution is 0.0521. The van der Waals surface area contributed by atoms with Crippen LogP contribution in [0.4, 0.5) is 0 Å². The van der Waals surface area contributed by atoms with Crippen molar-refractivity contribution in [2.45, 2.75) is 26.2 Å². The second-order valence-corrected chi connectivity index (χ2v) is 4.97. The van der Waals surface area contributed by atoms with Gasteiger partial charge in [0.05, 0.1) is 18.0 Å². The fraction of sp³-hybridized carbons (Fsp3) is 0.312. The summed E-state index contributed by atoms with van der Waals surface area (Å²) < 4.78 is 6.65. The second kappa shape index (κ2) is 5.52. The number of hydrogen-bond donors (Lipinski definition) is 1. The summed E-state index contributed by atoms with van der Waals surface area (Å²) in [6.45, 7) is 2.08. The number of nitrogens with one attached hydrogen (secondary N) is 1. The van der Waals surface area contributed by atoms with Gasteiger partial charge in [-0.15, -0.1) is 0 Å². The Morgan fingerprint density at radius 2 is 2.10 bits per heavy atom. The van der Waals surface area contributed by atoms with Gasteiger partial charge in [0.15, 0.2) is 5.49 Å². The van der Waals surface area contributed by atoms with E-state index >= 15 is 0 Å². The van der Waals surface area contributed by atoms with E-state index < -0.39 is 5.97 Å². The van der Waals surface area contributed by atoms with E-state index in [1.54, 1.807) is 6.92 Å². The highest BCUT2D eigenvalue weighted by Gasteiger charge is 2.25. The minimum Gasteiger partial charge on any atom is -0.462 e. The minimum atomic E-state index is -0.423. The molecule has 5 nitrogen and oxygen atoms in total. The van der Waals surface area contributed by atoms with Gasteiger partial charge in [-0.3, -0.25) is 5.41 Å². The van der Waals surface area contributed by atoms with Crippen LogP contribution >= 0.6 is 0 Å². The molecule has 0 fully saturated rings. The molecular formula is C16H17N3O2. The summed E-state index contributed by atoms with van der Waals surface area (Å²) in [5.74, 6) is -0.423. The minimum absolute atomic E-state index is 0.0975. The summed E-state index contributed by atoms with van der Waals surface area (Å²) in [5.41, 5.74) is 3.02. The van der Waals surface area contributed by atoms with Gasteiger partial charge >= 0.3 is 5.97 Å². The predicted octanol–water partition coefficient (Wildman–Crippen LogP) is 2.02. The number of aryl methyl sites for hydroxylation is 1. The highest BCUT2D eigenvalue weighted by Crippen LogP contribution is 2.22. The maximum Gasteiger partial charge on any atom is 0.342 e. The van der Waals surface area contributed by atoms with Gasteiger partial charge in [0.2, 0.25) is 0 Å². The van der Waals surface area contributed by atoms with Crippen molar-refractivity contribution in [3.8, 4) is 5.69 Å². The number of fused-ring (bicyclic) bond motifs is 1. The van der Waals surface area contributed by atoms with Crippen molar-refractivity contribution in [1.29, 1.82) is 5.41 Å². The van der Waals surface area contributed by atoms with E-state index in [4.69, 9.17) is 10.1 Å². The molecule has 0 unspecified atom stereocenters. The molecule has 1 aromatic carbocycles. The lowest BCUT2D eigenvalue weighted by Gasteiger charge is -2.13. The molecule has 0 radical (unpaired) electrons. The van der Waals surface area contributed by atoms with Crippen LogP contribution in [0.5, 0.6) is 0 Å². The maximum atomic E-state index is 12.2. The Morgan fingerprint density at radius 3 is 2.81 bits per heavy atom. The van der Waals surface area contributed by atoms with Crippen LogP contribution in [0, 0.1) is 5.41 Å². The van der Waals surface area contributed by atoms with Crippen LogP contribution in [-0.2, 0) is 17.6 Å². The van der Waals surface area contributed by atoms with Crippen LogP contribution in [0.25, 0.3) is 5.69 Å². The molecule has 1 aromatic heterocycles. The number of aromatic nitrogens is 2. The van der Waals surface area contributed by atoms with Gasteiger partial charge in [-0.05, 0) is 43.9 Å². The molecular weight excluding hydrogens is 266 g/mol. The number of para-hydroxylation sites is 1. The molecule has 1 N–H and O–H groups in total. The van der Waals surface area contributed by atoms with Gasteiger partial charge in [-0.2, -0.15) is 5.10 Å². The zero-order valence-electron chi connectivity index (χ0n) is 11.9. The Kier molecular flexibility index (Phi) is 3.56. The lowest BCUT2D eigenvalue weighted by atomic mass is 10.1. The number of rotatable bonds is 3. The summed E-state index contributed by atoms with van der Waals surface area (Å²) in [4.78, 5) is 12.2. The van der Waals surface area contributed by atoms with Crippen LogP contribution < -0.4 is 5.49 Å². The summed E-state index contributed by atoms with van der Waals surface area (Å²) in [6, 6.07) is 9.44. The van der Waals surface area contributed by atoms with Gasteiger partial charge in [-0.1, -0.05) is 18.2 Å². The number of ether oxygens (including phenoxy) is 1. The molecule has 0 bridgehead atoms. The Morgan fingerprint density at radius 1 is 1.33 bits per heavy atom. The first-order valence-corrected chi connectivity index (χ1v) is 7.14. The van der Waals surface area contributed by atoms with Crippen molar-refractivity contribution in [1.82, 2.24) is 9.78 Å². The van der Waals surface area contributed by atoms with Crippen molar-refractivity contribution in [2.24, 2.45) is 0 Å². The van der Waals surface area contributed by atoms with E-state index in [1.807, 2.05) is 30.3 Å². The molecule has 0 spiro atoms. The molecule has 0 saturated heterocycles. The van der Waals surface area contributed by atoms with Gasteiger partial charge in [0.25, 0.3) is 0 Å². The van der Waals surface area contributed by atoms with Crippen molar-refractivity contribution < 1.29 is 9.53 Å². The van der Waals surface area contributed by atoms with Crippen LogP contribution in [0.2, 0.25) is 0 Å². The normalized spacial score (nSPS) is 13.0. The zero-order chi connectivity index (χ0) is 14.8. The van der Waals surface area contributed by atoms with Crippen LogP contribution in [0.15, 0.2) is 30.3 Å². The van der Waals surface area contributed by atoms with Gasteiger partial charge < -0.3 is 4.74 Å². The van der Waals surface area contributed by atoms with Crippen molar-refractivity contribution in [2.75, 3.05) is 6.61 Å². The van der Waals surface area contributed by atoms with Crippen molar-refractivity contribution >= 4 is 5.97 Å². The highest BCUT2D eigenvalue weighted by molar-refractivity contribution is 5.91. The Bertz CT molecular complexity index is 735. The van der Waals surface area contributed by atoms with E-state index in [2.05, 4.69) is 5.10 Å². The molecule has 108 valence electrons. The first kappa shape index (κ1) is 13.5. The van der Waals surface area contributed by atoms with Crippen LogP contribution in [-0.4, -0.2) is 22.4 Å². The SMILES string of the molecule is CCOC(=O)c1c2c(nn(-c3ccccc3)c1=N)CCC2. The molecule has 1 heterocycles. The molecule has 3 rings (SSSR count). The molecule has 0 aliphatic heterocycles. The van der Waals surface area contributed by atoms with E-state index in [-0.39, 0.29) is 5.49 Å². The zero-order valence-corrected chi connectivity index (χ0v) is 11.9. The first-order valence-electron chi connectivity index (χ1n) is 7.14. The fourth-order valence-corrected chi connectivity index (χ4v) is 2.71. The number of carbonyl (C=O) groups is 1. The molecule has 5 heteroatoms. The third-order valence-electron chi connectivity index (χ3n) is 3.64. The van der Waals surface area contributed by atoms with E-state index in [0.717, 1.165) is 36.2 Å². The standard InChI is InChI=1S/C16H17N3O2/c1-2-21-16(20)14-12-9-6-10-13(12)18-19(15(14)17)11-7-4-3-5-8-11/h3-5,7-8,17H,2,6,9-10H2,1H3. The topological polar surface area (TPSA) is 68.0 Å². The summed E-state index contributed by atoms with van der Waals surface area (Å²) in [7, 11) is 0. The first-order chi connectivity index (χ1) is 10.2. The van der Waals surface area contributed by atoms with E-state index in [0.29, 0.717) is 12.2 Å². The smallest absolute Gasteiger partial charge is 0.342 e. The third kappa shape index (κ3) is 2.35. The number of nitrogens with zero attached hydrogens (tertiary/aromatic N) is 2. The summed E-state index contributed by atoms with van der Waals surface area (Å²) >= 11 is 0. The van der Waals surface area contributed by atoms with Crippen molar-refractivity contribution in [3.63, 3.8) is 0 Å². The molecule has 2 aromatic rings. The fourth-order valence-electron chi connectivity index (χ4n) is 2.71. The Balaban J connectivity index is 2.22. The molecule has 0 atom stereocenters. The average molecular weight is 283 g/mol. The third-order valence-corrected chi connectivity index (χ3v) is 3.64. The second-order valence-electron chi connectivity index (χ2n) is 4.97. The number of hydrogen-bond acceptors (Lipinski definition) is 4. The van der Waals surface area contributed by atoms with Crippen LogP contribution in [0.3, 0.4) is 0 Å². The molecule has 1 aliphatic rings. The quantitative estimate of drug-likeness (QED) is 0.876. The monoisotopic (exact) mass is 283 g/mol. The molecule has 0 saturated carbocycles. The van der Waals surface area contributed by atoms with Crippen LogP contribution in [0.1, 0.15) is 35.0 Å². The Hall–Kier alpha value is -2.43. The number of esters is 1. The van der Waals surface area contributed by atoms with Gasteiger partial charge in [0.1, 0.15) is 5.56 Å². The van der Waals surface area contributed by atoms with Gasteiger partial charge in [0, 0.05) is 0 Å². The molecule has 21 heavy (non-hydrogen) atoms.